The summed E-state index contributed by atoms with van der Waals surface area (Å²) in [6.45, 7) is 0.903. The first-order chi connectivity index (χ1) is 8.78. The lowest BCUT2D eigenvalue weighted by atomic mass is 10.1. The molecule has 5 heteroatoms. The van der Waals surface area contributed by atoms with Gasteiger partial charge >= 0.3 is 0 Å². The molecule has 18 heavy (non-hydrogen) atoms. The van der Waals surface area contributed by atoms with Gasteiger partial charge in [-0.1, -0.05) is 12.1 Å². The summed E-state index contributed by atoms with van der Waals surface area (Å²) in [7, 11) is 1.65. The Balaban J connectivity index is 2.01. The van der Waals surface area contributed by atoms with E-state index < -0.39 is 0 Å². The Morgan fingerprint density at radius 1 is 1.44 bits per heavy atom. The highest BCUT2D eigenvalue weighted by molar-refractivity contribution is 5.57. The minimum atomic E-state index is 0.00519. The number of hydrogen-bond acceptors (Lipinski definition) is 4. The molecule has 1 atom stereocenters. The van der Waals surface area contributed by atoms with E-state index in [1.54, 1.807) is 7.11 Å². The molecule has 1 aromatic heterocycles. The number of benzene rings is 1. The van der Waals surface area contributed by atoms with Crippen LogP contribution in [0.15, 0.2) is 24.3 Å². The first-order valence-corrected chi connectivity index (χ1v) is 6.12. The fourth-order valence-electron chi connectivity index (χ4n) is 2.27. The summed E-state index contributed by atoms with van der Waals surface area (Å²) < 4.78 is 7.13. The van der Waals surface area contributed by atoms with Crippen molar-refractivity contribution in [2.45, 2.75) is 25.4 Å². The van der Waals surface area contributed by atoms with Crippen LogP contribution in [0.4, 0.5) is 0 Å². The van der Waals surface area contributed by atoms with Gasteiger partial charge in [0.15, 0.2) is 5.82 Å². The van der Waals surface area contributed by atoms with Crippen LogP contribution in [-0.2, 0) is 6.54 Å². The maximum atomic E-state index is 6.05. The van der Waals surface area contributed by atoms with Gasteiger partial charge in [-0.25, -0.2) is 9.67 Å². The van der Waals surface area contributed by atoms with Crippen molar-refractivity contribution in [1.82, 2.24) is 14.8 Å². The monoisotopic (exact) mass is 244 g/mol. The van der Waals surface area contributed by atoms with Gasteiger partial charge in [-0.15, -0.1) is 0 Å². The van der Waals surface area contributed by atoms with Gasteiger partial charge in [0, 0.05) is 12.1 Å². The smallest absolute Gasteiger partial charge is 0.181 e. The van der Waals surface area contributed by atoms with E-state index in [-0.39, 0.29) is 6.04 Å². The first-order valence-electron chi connectivity index (χ1n) is 6.12. The van der Waals surface area contributed by atoms with Gasteiger partial charge in [-0.2, -0.15) is 5.10 Å². The first kappa shape index (κ1) is 11.2. The molecule has 1 aliphatic rings. The topological polar surface area (TPSA) is 66.0 Å². The average Bonchev–Trinajstić information content (AvgIpc) is 2.84. The number of aryl methyl sites for hydroxylation is 1. The summed E-state index contributed by atoms with van der Waals surface area (Å²) in [6.07, 6.45) is 2.05. The van der Waals surface area contributed by atoms with Crippen LogP contribution < -0.4 is 10.5 Å². The Hall–Kier alpha value is -1.88. The molecule has 1 aromatic carbocycles. The lowest BCUT2D eigenvalue weighted by Gasteiger charge is -2.17. The van der Waals surface area contributed by atoms with Gasteiger partial charge in [0.2, 0.25) is 0 Å². The van der Waals surface area contributed by atoms with Crippen molar-refractivity contribution in [3.05, 3.63) is 30.1 Å². The maximum absolute atomic E-state index is 6.05. The quantitative estimate of drug-likeness (QED) is 0.874. The predicted molar refractivity (Wildman–Crippen MR) is 68.2 cm³/mol. The molecule has 2 N–H and O–H groups in total. The van der Waals surface area contributed by atoms with Gasteiger partial charge in [0.05, 0.1) is 13.2 Å². The maximum Gasteiger partial charge on any atom is 0.181 e. The number of ether oxygens (including phenoxy) is 1. The Morgan fingerprint density at radius 3 is 3.11 bits per heavy atom. The lowest BCUT2D eigenvalue weighted by Crippen LogP contribution is -2.22. The van der Waals surface area contributed by atoms with Crippen molar-refractivity contribution in [1.29, 1.82) is 0 Å². The molecule has 1 unspecified atom stereocenters. The zero-order chi connectivity index (χ0) is 12.5. The molecule has 0 bridgehead atoms. The van der Waals surface area contributed by atoms with Crippen LogP contribution in [0, 0.1) is 0 Å². The molecule has 0 aliphatic carbocycles. The van der Waals surface area contributed by atoms with Gasteiger partial charge in [-0.3, -0.25) is 0 Å². The van der Waals surface area contributed by atoms with E-state index in [0.29, 0.717) is 0 Å². The fraction of sp³-hybridized carbons (Fsp3) is 0.385. The highest BCUT2D eigenvalue weighted by Crippen LogP contribution is 2.26. The summed E-state index contributed by atoms with van der Waals surface area (Å²) in [5.74, 6) is 2.42. The number of methoxy groups -OCH3 is 1. The van der Waals surface area contributed by atoms with E-state index in [9.17, 15) is 0 Å². The summed E-state index contributed by atoms with van der Waals surface area (Å²) >= 11 is 0. The average molecular weight is 244 g/mol. The van der Waals surface area contributed by atoms with Crippen molar-refractivity contribution in [3.8, 4) is 17.1 Å². The Kier molecular flexibility index (Phi) is 2.76. The molecule has 2 heterocycles. The second kappa shape index (κ2) is 4.42. The molecule has 0 saturated heterocycles. The molecule has 0 spiro atoms. The third kappa shape index (κ3) is 1.86. The Labute approximate surface area is 106 Å². The van der Waals surface area contributed by atoms with Crippen LogP contribution in [-0.4, -0.2) is 21.9 Å². The van der Waals surface area contributed by atoms with Crippen molar-refractivity contribution >= 4 is 0 Å². The molecule has 0 saturated carbocycles. The minimum Gasteiger partial charge on any atom is -0.497 e. The van der Waals surface area contributed by atoms with E-state index in [1.165, 1.54) is 0 Å². The molecule has 5 nitrogen and oxygen atoms in total. The Bertz CT molecular complexity index is 564. The van der Waals surface area contributed by atoms with Crippen LogP contribution >= 0.6 is 0 Å². The molecule has 3 rings (SSSR count). The molecule has 0 radical (unpaired) electrons. The zero-order valence-electron chi connectivity index (χ0n) is 10.3. The molecule has 1 aliphatic heterocycles. The van der Waals surface area contributed by atoms with Crippen LogP contribution in [0.2, 0.25) is 0 Å². The highest BCUT2D eigenvalue weighted by atomic mass is 16.5. The molecule has 0 fully saturated rings. The van der Waals surface area contributed by atoms with E-state index in [4.69, 9.17) is 10.5 Å². The van der Waals surface area contributed by atoms with Gasteiger partial charge in [-0.05, 0) is 25.0 Å². The molecular weight excluding hydrogens is 228 g/mol. The number of fused-ring (bicyclic) bond motifs is 1. The second-order valence-electron chi connectivity index (χ2n) is 4.50. The summed E-state index contributed by atoms with van der Waals surface area (Å²) in [6, 6.07) is 7.77. The summed E-state index contributed by atoms with van der Waals surface area (Å²) in [5.41, 5.74) is 7.01. The van der Waals surface area contributed by atoms with E-state index in [2.05, 4.69) is 10.1 Å². The number of aromatic nitrogens is 3. The third-order valence-corrected chi connectivity index (χ3v) is 3.24. The van der Waals surface area contributed by atoms with Crippen molar-refractivity contribution < 1.29 is 4.74 Å². The van der Waals surface area contributed by atoms with Crippen molar-refractivity contribution in [3.63, 3.8) is 0 Å². The van der Waals surface area contributed by atoms with Crippen molar-refractivity contribution in [2.75, 3.05) is 7.11 Å². The molecule has 2 aromatic rings. The third-order valence-electron chi connectivity index (χ3n) is 3.24. The summed E-state index contributed by atoms with van der Waals surface area (Å²) in [5, 5.41) is 4.52. The molecular formula is C13H16N4O. The van der Waals surface area contributed by atoms with Crippen LogP contribution in [0.25, 0.3) is 11.4 Å². The minimum absolute atomic E-state index is 0.00519. The highest BCUT2D eigenvalue weighted by Gasteiger charge is 2.21. The number of rotatable bonds is 2. The summed E-state index contributed by atoms with van der Waals surface area (Å²) in [4.78, 5) is 4.55. The Morgan fingerprint density at radius 2 is 2.33 bits per heavy atom. The van der Waals surface area contributed by atoms with Gasteiger partial charge in [0.1, 0.15) is 11.6 Å². The zero-order valence-corrected chi connectivity index (χ0v) is 10.3. The molecule has 94 valence electrons. The number of hydrogen-bond donors (Lipinski definition) is 1. The number of nitrogens with two attached hydrogens (primary N) is 1. The van der Waals surface area contributed by atoms with Crippen LogP contribution in [0.1, 0.15) is 24.7 Å². The van der Waals surface area contributed by atoms with E-state index >= 15 is 0 Å². The number of nitrogens with zero attached hydrogens (tertiary/aromatic N) is 3. The van der Waals surface area contributed by atoms with Gasteiger partial charge in [0.25, 0.3) is 0 Å². The van der Waals surface area contributed by atoms with Gasteiger partial charge < -0.3 is 10.5 Å². The van der Waals surface area contributed by atoms with Crippen LogP contribution in [0.3, 0.4) is 0 Å². The predicted octanol–water partition coefficient (Wildman–Crippen LogP) is 1.75. The second-order valence-corrected chi connectivity index (χ2v) is 4.50. The normalized spacial score (nSPS) is 18.4. The lowest BCUT2D eigenvalue weighted by molar-refractivity contribution is 0.415. The fourth-order valence-corrected chi connectivity index (χ4v) is 2.27. The molecule has 0 amide bonds. The van der Waals surface area contributed by atoms with E-state index in [0.717, 1.165) is 42.3 Å². The van der Waals surface area contributed by atoms with E-state index in [1.807, 2.05) is 28.9 Å². The largest absolute Gasteiger partial charge is 0.497 e. The van der Waals surface area contributed by atoms with Crippen LogP contribution in [0.5, 0.6) is 5.75 Å². The van der Waals surface area contributed by atoms with Crippen molar-refractivity contribution in [2.24, 2.45) is 5.73 Å². The standard InChI is InChI=1S/C13H16N4O/c1-18-10-5-2-4-9(8-10)12-15-13-11(14)6-3-7-17(13)16-12/h2,4-5,8,11H,3,6-7,14H2,1H3. The SMILES string of the molecule is COc1cccc(-c2nc3n(n2)CCCC3N)c1.